The molecule has 1 N–H and O–H groups in total. The van der Waals surface area contributed by atoms with Gasteiger partial charge in [0.05, 0.1) is 25.4 Å². The van der Waals surface area contributed by atoms with Crippen LogP contribution in [0.1, 0.15) is 50.7 Å². The number of aryl methyl sites for hydroxylation is 1. The van der Waals surface area contributed by atoms with Crippen molar-refractivity contribution in [2.24, 2.45) is 5.41 Å². The molecule has 112 valence electrons. The zero-order chi connectivity index (χ0) is 15.0. The average molecular weight is 278 g/mol. The van der Waals surface area contributed by atoms with E-state index in [4.69, 9.17) is 9.47 Å². The van der Waals surface area contributed by atoms with Crippen molar-refractivity contribution in [3.05, 3.63) is 23.3 Å². The summed E-state index contributed by atoms with van der Waals surface area (Å²) in [6.07, 6.45) is 3.65. The van der Waals surface area contributed by atoms with E-state index in [0.29, 0.717) is 0 Å². The summed E-state index contributed by atoms with van der Waals surface area (Å²) in [6.45, 7) is 6.43. The number of aliphatic hydroxyl groups is 1. The molecule has 20 heavy (non-hydrogen) atoms. The van der Waals surface area contributed by atoms with Gasteiger partial charge in [-0.1, -0.05) is 13.8 Å². The molecule has 0 bridgehead atoms. The van der Waals surface area contributed by atoms with Crippen LogP contribution in [-0.2, 0) is 5.60 Å². The largest absolute Gasteiger partial charge is 0.496 e. The standard InChI is InChI=1S/C17H26O3/c1-12-9-13(19-4)15(14(10-12)20-5)17(18)8-6-7-16(2,3)11-17/h9-10,18H,6-8,11H2,1-5H3. The first-order chi connectivity index (χ1) is 9.31. The van der Waals surface area contributed by atoms with E-state index in [-0.39, 0.29) is 5.41 Å². The molecule has 1 atom stereocenters. The fourth-order valence-electron chi connectivity index (χ4n) is 3.54. The Hall–Kier alpha value is -1.22. The van der Waals surface area contributed by atoms with Crippen molar-refractivity contribution in [2.45, 2.75) is 52.1 Å². The Morgan fingerprint density at radius 3 is 2.05 bits per heavy atom. The predicted octanol–water partition coefficient (Wildman–Crippen LogP) is 3.80. The van der Waals surface area contributed by atoms with Crippen LogP contribution in [0.3, 0.4) is 0 Å². The molecular weight excluding hydrogens is 252 g/mol. The number of methoxy groups -OCH3 is 2. The second-order valence-electron chi connectivity index (χ2n) is 6.77. The van der Waals surface area contributed by atoms with E-state index in [1.807, 2.05) is 19.1 Å². The normalized spacial score (nSPS) is 25.3. The molecular formula is C17H26O3. The first kappa shape index (κ1) is 15.2. The minimum atomic E-state index is -0.869. The summed E-state index contributed by atoms with van der Waals surface area (Å²) in [4.78, 5) is 0. The van der Waals surface area contributed by atoms with Gasteiger partial charge in [0.1, 0.15) is 11.5 Å². The van der Waals surface area contributed by atoms with Crippen LogP contribution < -0.4 is 9.47 Å². The van der Waals surface area contributed by atoms with Crippen molar-refractivity contribution in [3.63, 3.8) is 0 Å². The molecule has 0 radical (unpaired) electrons. The highest BCUT2D eigenvalue weighted by molar-refractivity contribution is 5.51. The summed E-state index contributed by atoms with van der Waals surface area (Å²) in [5, 5.41) is 11.2. The number of hydrogen-bond acceptors (Lipinski definition) is 3. The van der Waals surface area contributed by atoms with Gasteiger partial charge in [-0.25, -0.2) is 0 Å². The third-order valence-electron chi connectivity index (χ3n) is 4.33. The van der Waals surface area contributed by atoms with Gasteiger partial charge in [-0.3, -0.25) is 0 Å². The predicted molar refractivity (Wildman–Crippen MR) is 80.4 cm³/mol. The quantitative estimate of drug-likeness (QED) is 0.914. The first-order valence-corrected chi connectivity index (χ1v) is 7.27. The summed E-state index contributed by atoms with van der Waals surface area (Å²) in [5.41, 5.74) is 1.14. The molecule has 0 heterocycles. The fraction of sp³-hybridized carbons (Fsp3) is 0.647. The Bertz CT molecular complexity index is 468. The van der Waals surface area contributed by atoms with Gasteiger partial charge in [0.15, 0.2) is 0 Å². The van der Waals surface area contributed by atoms with E-state index in [2.05, 4.69) is 13.8 Å². The SMILES string of the molecule is COc1cc(C)cc(OC)c1C1(O)CCCC(C)(C)C1. The van der Waals surface area contributed by atoms with Crippen molar-refractivity contribution >= 4 is 0 Å². The Morgan fingerprint density at radius 1 is 1.05 bits per heavy atom. The van der Waals surface area contributed by atoms with Gasteiger partial charge in [0, 0.05) is 0 Å². The van der Waals surface area contributed by atoms with Crippen LogP contribution in [0.15, 0.2) is 12.1 Å². The van der Waals surface area contributed by atoms with Gasteiger partial charge in [0.2, 0.25) is 0 Å². The fourth-order valence-corrected chi connectivity index (χ4v) is 3.54. The molecule has 1 aromatic carbocycles. The summed E-state index contributed by atoms with van der Waals surface area (Å²) in [5.74, 6) is 1.45. The maximum Gasteiger partial charge on any atom is 0.128 e. The molecule has 1 saturated carbocycles. The van der Waals surface area contributed by atoms with Crippen LogP contribution in [0.25, 0.3) is 0 Å². The smallest absolute Gasteiger partial charge is 0.128 e. The monoisotopic (exact) mass is 278 g/mol. The molecule has 1 fully saturated rings. The summed E-state index contributed by atoms with van der Waals surface area (Å²) in [7, 11) is 3.30. The average Bonchev–Trinajstić information content (AvgIpc) is 2.35. The lowest BCUT2D eigenvalue weighted by Gasteiger charge is -2.42. The van der Waals surface area contributed by atoms with Gasteiger partial charge in [-0.2, -0.15) is 0 Å². The van der Waals surface area contributed by atoms with E-state index < -0.39 is 5.60 Å². The molecule has 1 aromatic rings. The van der Waals surface area contributed by atoms with Crippen LogP contribution in [0, 0.1) is 12.3 Å². The Morgan fingerprint density at radius 2 is 1.60 bits per heavy atom. The molecule has 1 aliphatic carbocycles. The van der Waals surface area contributed by atoms with Gasteiger partial charge >= 0.3 is 0 Å². The third kappa shape index (κ3) is 2.78. The molecule has 0 spiro atoms. The zero-order valence-corrected chi connectivity index (χ0v) is 13.2. The van der Waals surface area contributed by atoms with Gasteiger partial charge in [-0.05, 0) is 55.7 Å². The first-order valence-electron chi connectivity index (χ1n) is 7.27. The lowest BCUT2D eigenvalue weighted by atomic mass is 9.67. The minimum absolute atomic E-state index is 0.133. The maximum atomic E-state index is 11.2. The molecule has 3 heteroatoms. The third-order valence-corrected chi connectivity index (χ3v) is 4.33. The van der Waals surface area contributed by atoms with E-state index in [0.717, 1.165) is 48.3 Å². The molecule has 0 aromatic heterocycles. The second kappa shape index (κ2) is 5.28. The Labute approximate surface area is 121 Å². The molecule has 2 rings (SSSR count). The van der Waals surface area contributed by atoms with Crippen molar-refractivity contribution in [1.29, 1.82) is 0 Å². The molecule has 1 aliphatic rings. The van der Waals surface area contributed by atoms with Crippen LogP contribution in [-0.4, -0.2) is 19.3 Å². The highest BCUT2D eigenvalue weighted by Gasteiger charge is 2.43. The van der Waals surface area contributed by atoms with Crippen molar-refractivity contribution in [1.82, 2.24) is 0 Å². The lowest BCUT2D eigenvalue weighted by Crippen LogP contribution is -2.37. The summed E-state index contributed by atoms with van der Waals surface area (Å²) >= 11 is 0. The van der Waals surface area contributed by atoms with Crippen molar-refractivity contribution in [2.75, 3.05) is 14.2 Å². The van der Waals surface area contributed by atoms with Gasteiger partial charge < -0.3 is 14.6 Å². The number of ether oxygens (including phenoxy) is 2. The van der Waals surface area contributed by atoms with E-state index in [1.54, 1.807) is 14.2 Å². The number of rotatable bonds is 3. The Kier molecular flexibility index (Phi) is 4.01. The number of hydrogen-bond donors (Lipinski definition) is 1. The number of benzene rings is 1. The molecule has 0 saturated heterocycles. The maximum absolute atomic E-state index is 11.2. The Balaban J connectivity index is 2.55. The van der Waals surface area contributed by atoms with E-state index in [9.17, 15) is 5.11 Å². The topological polar surface area (TPSA) is 38.7 Å². The van der Waals surface area contributed by atoms with Crippen molar-refractivity contribution < 1.29 is 14.6 Å². The molecule has 3 nitrogen and oxygen atoms in total. The van der Waals surface area contributed by atoms with Crippen LogP contribution in [0.4, 0.5) is 0 Å². The van der Waals surface area contributed by atoms with E-state index in [1.165, 1.54) is 0 Å². The van der Waals surface area contributed by atoms with Crippen LogP contribution >= 0.6 is 0 Å². The van der Waals surface area contributed by atoms with Crippen LogP contribution in [0.5, 0.6) is 11.5 Å². The van der Waals surface area contributed by atoms with Gasteiger partial charge in [-0.15, -0.1) is 0 Å². The van der Waals surface area contributed by atoms with E-state index >= 15 is 0 Å². The summed E-state index contributed by atoms with van der Waals surface area (Å²) in [6, 6.07) is 3.94. The van der Waals surface area contributed by atoms with Crippen LogP contribution in [0.2, 0.25) is 0 Å². The molecule has 1 unspecified atom stereocenters. The lowest BCUT2D eigenvalue weighted by molar-refractivity contribution is -0.0468. The van der Waals surface area contributed by atoms with Crippen molar-refractivity contribution in [3.8, 4) is 11.5 Å². The molecule has 0 amide bonds. The molecule has 0 aliphatic heterocycles. The zero-order valence-electron chi connectivity index (χ0n) is 13.2. The minimum Gasteiger partial charge on any atom is -0.496 e. The summed E-state index contributed by atoms with van der Waals surface area (Å²) < 4.78 is 11.0. The van der Waals surface area contributed by atoms with Gasteiger partial charge in [0.25, 0.3) is 0 Å². The second-order valence-corrected chi connectivity index (χ2v) is 6.77. The highest BCUT2D eigenvalue weighted by Crippen LogP contribution is 2.51. The highest BCUT2D eigenvalue weighted by atomic mass is 16.5.